The molecule has 0 aromatic rings. The van der Waals surface area contributed by atoms with Crippen molar-refractivity contribution in [1.29, 1.82) is 0 Å². The predicted molar refractivity (Wildman–Crippen MR) is 247 cm³/mol. The molecule has 66 heavy (non-hydrogen) atoms. The van der Waals surface area contributed by atoms with Crippen LogP contribution in [0.2, 0.25) is 0 Å². The largest absolute Gasteiger partial charge is 0.377 e. The highest BCUT2D eigenvalue weighted by Gasteiger charge is 2.22. The van der Waals surface area contributed by atoms with Crippen LogP contribution < -0.4 is 0 Å². The Kier molecular flexibility index (Phi) is 29.1. The van der Waals surface area contributed by atoms with E-state index < -0.39 is 0 Å². The van der Waals surface area contributed by atoms with Crippen LogP contribution >= 0.6 is 0 Å². The van der Waals surface area contributed by atoms with Crippen LogP contribution in [-0.4, -0.2) is 223 Å². The van der Waals surface area contributed by atoms with Gasteiger partial charge in [0.25, 0.3) is 0 Å². The summed E-state index contributed by atoms with van der Waals surface area (Å²) in [5, 5.41) is 0. The van der Waals surface area contributed by atoms with Gasteiger partial charge in [0.2, 0.25) is 35.4 Å². The van der Waals surface area contributed by atoms with Crippen LogP contribution in [0.1, 0.15) is 116 Å². The molecule has 6 amide bonds. The van der Waals surface area contributed by atoms with E-state index in [1.54, 1.807) is 0 Å². The van der Waals surface area contributed by atoms with E-state index in [9.17, 15) is 28.8 Å². The maximum atomic E-state index is 11.8. The van der Waals surface area contributed by atoms with E-state index in [2.05, 4.69) is 0 Å². The highest BCUT2D eigenvalue weighted by Crippen LogP contribution is 2.14. The molecule has 0 aromatic heterocycles. The molecule has 6 aliphatic rings. The molecule has 0 N–H and O–H groups in total. The van der Waals surface area contributed by atoms with Gasteiger partial charge >= 0.3 is 0 Å². The van der Waals surface area contributed by atoms with E-state index >= 15 is 0 Å². The van der Waals surface area contributed by atoms with Crippen molar-refractivity contribution in [3.8, 4) is 0 Å². The van der Waals surface area contributed by atoms with Gasteiger partial charge in [-0.25, -0.2) is 0 Å². The third kappa shape index (κ3) is 23.5. The minimum atomic E-state index is 0.236. The lowest BCUT2D eigenvalue weighted by molar-refractivity contribution is -0.135. The zero-order valence-corrected chi connectivity index (χ0v) is 40.3. The van der Waals surface area contributed by atoms with Crippen molar-refractivity contribution in [2.24, 2.45) is 0 Å². The Balaban J connectivity index is 0.000000217. The lowest BCUT2D eigenvalue weighted by Gasteiger charge is -2.26. The fourth-order valence-corrected chi connectivity index (χ4v) is 8.64. The fourth-order valence-electron chi connectivity index (χ4n) is 8.64. The molecule has 6 aliphatic heterocycles. The van der Waals surface area contributed by atoms with Gasteiger partial charge in [-0.3, -0.25) is 28.8 Å². The van der Waals surface area contributed by atoms with Gasteiger partial charge in [0.1, 0.15) is 0 Å². The Labute approximate surface area is 394 Å². The summed E-state index contributed by atoms with van der Waals surface area (Å²) in [7, 11) is 0. The third-order valence-electron chi connectivity index (χ3n) is 12.7. The first kappa shape index (κ1) is 55.2. The molecule has 0 saturated carbocycles. The highest BCUT2D eigenvalue weighted by molar-refractivity contribution is 5.79. The first-order valence-electron chi connectivity index (χ1n) is 25.4. The van der Waals surface area contributed by atoms with Crippen LogP contribution in [0.4, 0.5) is 0 Å². The Hall–Kier alpha value is -3.42. The first-order valence-corrected chi connectivity index (χ1v) is 25.4. The molecule has 6 fully saturated rings. The molecule has 6 rings (SSSR count). The lowest BCUT2D eigenvalue weighted by Crippen LogP contribution is -2.38. The number of piperidine rings is 2. The summed E-state index contributed by atoms with van der Waals surface area (Å²) in [5.41, 5.74) is 0. The Morgan fingerprint density at radius 3 is 0.621 bits per heavy atom. The molecule has 0 atom stereocenters. The molecular weight excluding hydrogens is 853 g/mol. The molecule has 6 heterocycles. The van der Waals surface area contributed by atoms with Crippen molar-refractivity contribution < 1.29 is 57.2 Å². The lowest BCUT2D eigenvalue weighted by atomic mass is 10.1. The Morgan fingerprint density at radius 2 is 0.409 bits per heavy atom. The normalized spacial score (nSPS) is 19.8. The quantitative estimate of drug-likeness (QED) is 0.110. The summed E-state index contributed by atoms with van der Waals surface area (Å²) in [6.45, 7) is 15.9. The standard InChI is InChI=1S/C18H32N2O4.C16H28N2O4.C14H24N2O4/c21-17-7-3-1-5-9-19(17)11-13-23-15-16-24-14-12-20-10-6-2-4-8-18(20)22;19-15-5-1-3-7-17(15)9-11-21-13-14-22-12-10-18-8-4-2-6-16(18)20;17-13-3-1-5-15(13)7-9-19-11-12-20-10-8-16-6-2-4-14(16)18/h1-16H2;1-14H2;1-12H2. The Morgan fingerprint density at radius 1 is 0.227 bits per heavy atom. The number of ether oxygens (including phenoxy) is 6. The van der Waals surface area contributed by atoms with Gasteiger partial charge in [-0.05, 0) is 64.2 Å². The molecule has 18 heteroatoms. The summed E-state index contributed by atoms with van der Waals surface area (Å²) in [4.78, 5) is 80.8. The maximum Gasteiger partial charge on any atom is 0.222 e. The monoisotopic (exact) mass is 937 g/mol. The minimum Gasteiger partial charge on any atom is -0.377 e. The fraction of sp³-hybridized carbons (Fsp3) is 0.875. The van der Waals surface area contributed by atoms with Crippen LogP contribution in [0, 0.1) is 0 Å². The number of hydrogen-bond donors (Lipinski definition) is 0. The average Bonchev–Trinajstić information content (AvgIpc) is 3.79. The van der Waals surface area contributed by atoms with Crippen molar-refractivity contribution in [2.75, 3.05) is 158 Å². The summed E-state index contributed by atoms with van der Waals surface area (Å²) in [6.07, 6.45) is 16.8. The number of carbonyl (C=O) groups excluding carboxylic acids is 6. The van der Waals surface area contributed by atoms with E-state index in [4.69, 9.17) is 28.4 Å². The number of hydrogen-bond acceptors (Lipinski definition) is 12. The van der Waals surface area contributed by atoms with Crippen LogP contribution in [0.3, 0.4) is 0 Å². The number of carbonyl (C=O) groups is 6. The van der Waals surface area contributed by atoms with Crippen LogP contribution in [0.25, 0.3) is 0 Å². The summed E-state index contributed by atoms with van der Waals surface area (Å²) < 4.78 is 33.0. The van der Waals surface area contributed by atoms with Gasteiger partial charge in [-0.1, -0.05) is 12.8 Å². The van der Waals surface area contributed by atoms with E-state index in [0.29, 0.717) is 157 Å². The maximum absolute atomic E-state index is 11.8. The topological polar surface area (TPSA) is 177 Å². The van der Waals surface area contributed by atoms with Gasteiger partial charge in [0, 0.05) is 117 Å². The van der Waals surface area contributed by atoms with Crippen LogP contribution in [0.15, 0.2) is 0 Å². The zero-order chi connectivity index (χ0) is 46.9. The molecule has 378 valence electrons. The van der Waals surface area contributed by atoms with E-state index in [0.717, 1.165) is 116 Å². The molecule has 0 radical (unpaired) electrons. The predicted octanol–water partition coefficient (Wildman–Crippen LogP) is 3.13. The first-order chi connectivity index (χ1) is 32.3. The van der Waals surface area contributed by atoms with Crippen LogP contribution in [-0.2, 0) is 57.2 Å². The van der Waals surface area contributed by atoms with Gasteiger partial charge in [-0.15, -0.1) is 0 Å². The van der Waals surface area contributed by atoms with E-state index in [-0.39, 0.29) is 35.4 Å². The van der Waals surface area contributed by atoms with Crippen LogP contribution in [0.5, 0.6) is 0 Å². The highest BCUT2D eigenvalue weighted by atomic mass is 16.5. The SMILES string of the molecule is O=C1CCCCCN1CCOCCOCCN1CCCCCC1=O.O=C1CCCCN1CCOCCOCCN1CCCCC1=O.O=C1CCCN1CCOCCOCCN1CCCC1=O. The van der Waals surface area contributed by atoms with Crippen molar-refractivity contribution in [3.63, 3.8) is 0 Å². The molecule has 0 bridgehead atoms. The van der Waals surface area contributed by atoms with Crippen molar-refractivity contribution in [3.05, 3.63) is 0 Å². The number of amides is 6. The van der Waals surface area contributed by atoms with Gasteiger partial charge in [0.05, 0.1) is 79.3 Å². The molecule has 0 aliphatic carbocycles. The van der Waals surface area contributed by atoms with Gasteiger partial charge in [0.15, 0.2) is 0 Å². The third-order valence-corrected chi connectivity index (χ3v) is 12.7. The molecule has 0 aromatic carbocycles. The zero-order valence-electron chi connectivity index (χ0n) is 40.3. The van der Waals surface area contributed by atoms with E-state index in [1.807, 2.05) is 29.4 Å². The minimum absolute atomic E-state index is 0.236. The van der Waals surface area contributed by atoms with Crippen molar-refractivity contribution in [1.82, 2.24) is 29.4 Å². The number of nitrogens with zero attached hydrogens (tertiary/aromatic N) is 6. The Bertz CT molecular complexity index is 1310. The summed E-state index contributed by atoms with van der Waals surface area (Å²) in [6, 6.07) is 0. The summed E-state index contributed by atoms with van der Waals surface area (Å²) in [5.74, 6) is 1.48. The second-order valence-corrected chi connectivity index (χ2v) is 17.7. The second-order valence-electron chi connectivity index (χ2n) is 17.7. The molecule has 0 spiro atoms. The van der Waals surface area contributed by atoms with Crippen molar-refractivity contribution >= 4 is 35.4 Å². The van der Waals surface area contributed by atoms with Gasteiger partial charge < -0.3 is 57.8 Å². The molecular formula is C48H84N6O12. The number of likely N-dealkylation sites (tertiary alicyclic amines) is 6. The van der Waals surface area contributed by atoms with E-state index in [1.165, 1.54) is 0 Å². The average molecular weight is 937 g/mol. The smallest absolute Gasteiger partial charge is 0.222 e. The molecule has 18 nitrogen and oxygen atoms in total. The summed E-state index contributed by atoms with van der Waals surface area (Å²) >= 11 is 0. The van der Waals surface area contributed by atoms with Gasteiger partial charge in [-0.2, -0.15) is 0 Å². The number of rotatable bonds is 27. The molecule has 0 unspecified atom stereocenters. The molecule has 6 saturated heterocycles. The van der Waals surface area contributed by atoms with Crippen molar-refractivity contribution in [2.45, 2.75) is 116 Å². The second kappa shape index (κ2) is 34.8.